The standard InChI is InChI=1S/C17H25NO3/c1-17(2,3)21-16(19)18(15-11-7-8-12-15)20-13-14-9-5-4-6-10-14/h4-6,9-10,15H,7-8,11-13H2,1-3H3. The van der Waals surface area contributed by atoms with Crippen molar-refractivity contribution in [2.75, 3.05) is 0 Å². The molecule has 4 heteroatoms. The van der Waals surface area contributed by atoms with Gasteiger partial charge in [-0.2, -0.15) is 5.06 Å². The lowest BCUT2D eigenvalue weighted by Crippen LogP contribution is -2.42. The second kappa shape index (κ2) is 6.94. The van der Waals surface area contributed by atoms with Crippen LogP contribution >= 0.6 is 0 Å². The van der Waals surface area contributed by atoms with Crippen LogP contribution < -0.4 is 0 Å². The van der Waals surface area contributed by atoms with E-state index < -0.39 is 5.60 Å². The van der Waals surface area contributed by atoms with Gasteiger partial charge < -0.3 is 4.74 Å². The summed E-state index contributed by atoms with van der Waals surface area (Å²) in [5, 5.41) is 1.45. The van der Waals surface area contributed by atoms with Gasteiger partial charge in [0.1, 0.15) is 12.2 Å². The van der Waals surface area contributed by atoms with E-state index in [4.69, 9.17) is 9.57 Å². The van der Waals surface area contributed by atoms with Crippen molar-refractivity contribution in [3.05, 3.63) is 35.9 Å². The van der Waals surface area contributed by atoms with Gasteiger partial charge in [0.15, 0.2) is 0 Å². The summed E-state index contributed by atoms with van der Waals surface area (Å²) in [5.41, 5.74) is 0.536. The second-order valence-electron chi connectivity index (χ2n) is 6.50. The molecule has 1 aliphatic carbocycles. The smallest absolute Gasteiger partial charge is 0.434 e. The van der Waals surface area contributed by atoms with E-state index in [1.54, 1.807) is 0 Å². The number of hydroxylamine groups is 2. The molecule has 1 saturated carbocycles. The molecule has 0 bridgehead atoms. The highest BCUT2D eigenvalue weighted by molar-refractivity contribution is 5.67. The Hall–Kier alpha value is -1.55. The molecule has 0 aliphatic heterocycles. The van der Waals surface area contributed by atoms with E-state index in [1.807, 2.05) is 51.1 Å². The first-order chi connectivity index (χ1) is 9.96. The number of ether oxygens (including phenoxy) is 1. The highest BCUT2D eigenvalue weighted by Gasteiger charge is 2.31. The maximum absolute atomic E-state index is 12.3. The molecule has 116 valence electrons. The van der Waals surface area contributed by atoms with Gasteiger partial charge in [0.25, 0.3) is 0 Å². The molecule has 0 aromatic heterocycles. The number of carbonyl (C=O) groups excluding carboxylic acids is 1. The summed E-state index contributed by atoms with van der Waals surface area (Å²) in [5.74, 6) is 0. The summed E-state index contributed by atoms with van der Waals surface area (Å²) in [6, 6.07) is 10.00. The Bertz CT molecular complexity index is 447. The number of hydrogen-bond acceptors (Lipinski definition) is 3. The highest BCUT2D eigenvalue weighted by Crippen LogP contribution is 2.26. The Morgan fingerprint density at radius 2 is 1.81 bits per heavy atom. The number of benzene rings is 1. The van der Waals surface area contributed by atoms with Crippen molar-refractivity contribution in [2.24, 2.45) is 0 Å². The quantitative estimate of drug-likeness (QED) is 0.776. The predicted molar refractivity (Wildman–Crippen MR) is 81.6 cm³/mol. The average Bonchev–Trinajstić information content (AvgIpc) is 2.92. The minimum Gasteiger partial charge on any atom is -0.442 e. The molecular weight excluding hydrogens is 266 g/mol. The van der Waals surface area contributed by atoms with Gasteiger partial charge in [0, 0.05) is 0 Å². The molecule has 0 heterocycles. The first-order valence-electron chi connectivity index (χ1n) is 7.65. The first kappa shape index (κ1) is 15.8. The minimum absolute atomic E-state index is 0.128. The molecule has 4 nitrogen and oxygen atoms in total. The van der Waals surface area contributed by atoms with Gasteiger partial charge in [-0.05, 0) is 39.2 Å². The van der Waals surface area contributed by atoms with Gasteiger partial charge >= 0.3 is 6.09 Å². The molecule has 1 aliphatic rings. The van der Waals surface area contributed by atoms with Crippen molar-refractivity contribution < 1.29 is 14.4 Å². The first-order valence-corrected chi connectivity index (χ1v) is 7.65. The van der Waals surface area contributed by atoms with E-state index in [9.17, 15) is 4.79 Å². The van der Waals surface area contributed by atoms with Crippen molar-refractivity contribution in [2.45, 2.75) is 64.7 Å². The molecule has 2 rings (SSSR count). The van der Waals surface area contributed by atoms with E-state index in [1.165, 1.54) is 5.06 Å². The summed E-state index contributed by atoms with van der Waals surface area (Å²) < 4.78 is 5.46. The van der Waals surface area contributed by atoms with Crippen LogP contribution in [-0.4, -0.2) is 22.8 Å². The van der Waals surface area contributed by atoms with E-state index in [2.05, 4.69) is 0 Å². The van der Waals surface area contributed by atoms with Crippen molar-refractivity contribution in [3.8, 4) is 0 Å². The zero-order valence-electron chi connectivity index (χ0n) is 13.2. The lowest BCUT2D eigenvalue weighted by molar-refractivity contribution is -0.178. The third kappa shape index (κ3) is 5.05. The van der Waals surface area contributed by atoms with Crippen molar-refractivity contribution in [3.63, 3.8) is 0 Å². The van der Waals surface area contributed by atoms with Gasteiger partial charge in [0.2, 0.25) is 0 Å². The van der Waals surface area contributed by atoms with Gasteiger partial charge in [-0.1, -0.05) is 43.2 Å². The fourth-order valence-electron chi connectivity index (χ4n) is 2.47. The highest BCUT2D eigenvalue weighted by atomic mass is 16.7. The number of carbonyl (C=O) groups is 1. The van der Waals surface area contributed by atoms with Crippen LogP contribution in [0.4, 0.5) is 4.79 Å². The fourth-order valence-corrected chi connectivity index (χ4v) is 2.47. The van der Waals surface area contributed by atoms with Crippen LogP contribution in [0.2, 0.25) is 0 Å². The van der Waals surface area contributed by atoms with Crippen LogP contribution in [0, 0.1) is 0 Å². The lowest BCUT2D eigenvalue weighted by atomic mass is 10.2. The topological polar surface area (TPSA) is 38.8 Å². The molecule has 21 heavy (non-hydrogen) atoms. The molecular formula is C17H25NO3. The zero-order valence-corrected chi connectivity index (χ0v) is 13.2. The normalized spacial score (nSPS) is 16.0. The molecule has 0 unspecified atom stereocenters. The third-order valence-electron chi connectivity index (χ3n) is 3.44. The molecule has 0 N–H and O–H groups in total. The van der Waals surface area contributed by atoms with E-state index in [-0.39, 0.29) is 12.1 Å². The summed E-state index contributed by atoms with van der Waals surface area (Å²) in [6.45, 7) is 6.00. The van der Waals surface area contributed by atoms with Crippen LogP contribution in [-0.2, 0) is 16.2 Å². The van der Waals surface area contributed by atoms with Gasteiger partial charge in [-0.25, -0.2) is 4.79 Å². The van der Waals surface area contributed by atoms with Gasteiger partial charge in [-0.3, -0.25) is 4.84 Å². The van der Waals surface area contributed by atoms with E-state index in [0.717, 1.165) is 31.2 Å². The SMILES string of the molecule is CC(C)(C)OC(=O)N(OCc1ccccc1)C1CCCC1. The Morgan fingerprint density at radius 3 is 2.38 bits per heavy atom. The molecule has 0 radical (unpaired) electrons. The van der Waals surface area contributed by atoms with Crippen LogP contribution in [0.3, 0.4) is 0 Å². The monoisotopic (exact) mass is 291 g/mol. The third-order valence-corrected chi connectivity index (χ3v) is 3.44. The molecule has 1 aromatic carbocycles. The van der Waals surface area contributed by atoms with E-state index in [0.29, 0.717) is 6.61 Å². The van der Waals surface area contributed by atoms with Gasteiger partial charge in [-0.15, -0.1) is 0 Å². The predicted octanol–water partition coefficient (Wildman–Crippen LogP) is 4.30. The van der Waals surface area contributed by atoms with Crippen molar-refractivity contribution in [1.82, 2.24) is 5.06 Å². The average molecular weight is 291 g/mol. The molecule has 0 saturated heterocycles. The number of nitrogens with zero attached hydrogens (tertiary/aromatic N) is 1. The molecule has 1 aromatic rings. The second-order valence-corrected chi connectivity index (χ2v) is 6.50. The Kier molecular flexibility index (Phi) is 5.23. The van der Waals surface area contributed by atoms with Gasteiger partial charge in [0.05, 0.1) is 6.04 Å². The van der Waals surface area contributed by atoms with Crippen molar-refractivity contribution >= 4 is 6.09 Å². The summed E-state index contributed by atoms with van der Waals surface area (Å²) in [7, 11) is 0. The van der Waals surface area contributed by atoms with Crippen LogP contribution in [0.25, 0.3) is 0 Å². The summed E-state index contributed by atoms with van der Waals surface area (Å²) >= 11 is 0. The maximum atomic E-state index is 12.3. The summed E-state index contributed by atoms with van der Waals surface area (Å²) in [4.78, 5) is 18.1. The van der Waals surface area contributed by atoms with Crippen molar-refractivity contribution in [1.29, 1.82) is 0 Å². The number of amides is 1. The minimum atomic E-state index is -0.510. The summed E-state index contributed by atoms with van der Waals surface area (Å²) in [6.07, 6.45) is 3.85. The molecule has 0 spiro atoms. The Balaban J connectivity index is 2.00. The van der Waals surface area contributed by atoms with Crippen LogP contribution in [0.15, 0.2) is 30.3 Å². The van der Waals surface area contributed by atoms with Crippen LogP contribution in [0.1, 0.15) is 52.0 Å². The Labute approximate surface area is 127 Å². The van der Waals surface area contributed by atoms with E-state index >= 15 is 0 Å². The number of hydrogen-bond donors (Lipinski definition) is 0. The maximum Gasteiger partial charge on any atom is 0.434 e. The lowest BCUT2D eigenvalue weighted by Gasteiger charge is -2.30. The largest absolute Gasteiger partial charge is 0.442 e. The molecule has 1 amide bonds. The van der Waals surface area contributed by atoms with Crippen LogP contribution in [0.5, 0.6) is 0 Å². The zero-order chi connectivity index (χ0) is 15.3. The Morgan fingerprint density at radius 1 is 1.19 bits per heavy atom. The fraction of sp³-hybridized carbons (Fsp3) is 0.588. The number of rotatable bonds is 4. The molecule has 0 atom stereocenters. The molecule has 1 fully saturated rings.